The molecule has 0 amide bonds. The van der Waals surface area contributed by atoms with Gasteiger partial charge in [-0.1, -0.05) is 29.8 Å². The minimum atomic E-state index is 0.561. The molecule has 0 aromatic carbocycles. The zero-order valence-electron chi connectivity index (χ0n) is 10.1. The molecule has 0 bridgehead atoms. The second kappa shape index (κ2) is 7.79. The first-order valence-electron chi connectivity index (χ1n) is 5.97. The van der Waals surface area contributed by atoms with Crippen LogP contribution >= 0.6 is 15.9 Å². The van der Waals surface area contributed by atoms with Gasteiger partial charge in [0.25, 0.3) is 0 Å². The van der Waals surface area contributed by atoms with E-state index in [-0.39, 0.29) is 0 Å². The number of hydrogen-bond acceptors (Lipinski definition) is 3. The van der Waals surface area contributed by atoms with Gasteiger partial charge in [0.1, 0.15) is 12.2 Å². The molecule has 1 aromatic rings. The zero-order chi connectivity index (χ0) is 11.8. The Morgan fingerprint density at radius 2 is 2.31 bits per heavy atom. The molecular weight excluding hydrogens is 268 g/mol. The Balaban J connectivity index is 2.43. The van der Waals surface area contributed by atoms with E-state index in [9.17, 15) is 0 Å². The van der Waals surface area contributed by atoms with Crippen molar-refractivity contribution in [3.05, 3.63) is 12.2 Å². The van der Waals surface area contributed by atoms with Crippen molar-refractivity contribution in [3.8, 4) is 0 Å². The third-order valence-corrected chi connectivity index (χ3v) is 3.09. The normalized spacial score (nSPS) is 12.9. The van der Waals surface area contributed by atoms with Crippen molar-refractivity contribution in [2.24, 2.45) is 0 Å². The molecule has 1 rings (SSSR count). The van der Waals surface area contributed by atoms with Gasteiger partial charge < -0.3 is 5.32 Å². The van der Waals surface area contributed by atoms with Crippen molar-refractivity contribution in [1.29, 1.82) is 0 Å². The van der Waals surface area contributed by atoms with Crippen LogP contribution in [-0.2, 0) is 13.1 Å². The lowest BCUT2D eigenvalue weighted by Crippen LogP contribution is -2.29. The SMILES string of the molecule is CCCn1ncnc1CNC(CC)CCBr. The average Bonchev–Trinajstić information content (AvgIpc) is 2.72. The highest BCUT2D eigenvalue weighted by molar-refractivity contribution is 9.09. The number of halogens is 1. The summed E-state index contributed by atoms with van der Waals surface area (Å²) >= 11 is 3.48. The van der Waals surface area contributed by atoms with Crippen LogP contribution < -0.4 is 5.32 Å². The summed E-state index contributed by atoms with van der Waals surface area (Å²) in [6.45, 7) is 6.12. The third-order valence-electron chi connectivity index (χ3n) is 2.63. The summed E-state index contributed by atoms with van der Waals surface area (Å²) in [4.78, 5) is 4.28. The number of aryl methyl sites for hydroxylation is 1. The standard InChI is InChI=1S/C11H21BrN4/c1-3-7-16-11(14-9-15-16)8-13-10(4-2)5-6-12/h9-10,13H,3-8H2,1-2H3. The van der Waals surface area contributed by atoms with E-state index in [0.29, 0.717) is 6.04 Å². The topological polar surface area (TPSA) is 42.7 Å². The van der Waals surface area contributed by atoms with Gasteiger partial charge in [0.05, 0.1) is 6.54 Å². The number of aromatic nitrogens is 3. The Bertz CT molecular complexity index is 287. The fourth-order valence-corrected chi connectivity index (χ4v) is 2.19. The van der Waals surface area contributed by atoms with E-state index >= 15 is 0 Å². The van der Waals surface area contributed by atoms with E-state index in [1.54, 1.807) is 6.33 Å². The summed E-state index contributed by atoms with van der Waals surface area (Å²) in [6.07, 6.45) is 5.03. The smallest absolute Gasteiger partial charge is 0.140 e. The van der Waals surface area contributed by atoms with Crippen LogP contribution in [0.1, 0.15) is 38.9 Å². The minimum absolute atomic E-state index is 0.561. The first-order valence-corrected chi connectivity index (χ1v) is 7.10. The van der Waals surface area contributed by atoms with Crippen LogP contribution in [0.3, 0.4) is 0 Å². The molecule has 0 saturated carbocycles. The lowest BCUT2D eigenvalue weighted by Gasteiger charge is -2.15. The Morgan fingerprint density at radius 1 is 1.50 bits per heavy atom. The van der Waals surface area contributed by atoms with Crippen LogP contribution in [-0.4, -0.2) is 26.1 Å². The van der Waals surface area contributed by atoms with Crippen LogP contribution in [0, 0.1) is 0 Å². The molecular formula is C11H21BrN4. The maximum atomic E-state index is 4.28. The molecule has 0 aliphatic carbocycles. The Hall–Kier alpha value is -0.420. The van der Waals surface area contributed by atoms with Crippen LogP contribution in [0.25, 0.3) is 0 Å². The molecule has 16 heavy (non-hydrogen) atoms. The molecule has 0 fully saturated rings. The molecule has 0 aliphatic heterocycles. The Kier molecular flexibility index (Phi) is 6.64. The van der Waals surface area contributed by atoms with E-state index in [1.807, 2.05) is 4.68 Å². The first kappa shape index (κ1) is 13.6. The second-order valence-electron chi connectivity index (χ2n) is 3.86. The molecule has 0 radical (unpaired) electrons. The largest absolute Gasteiger partial charge is 0.307 e. The summed E-state index contributed by atoms with van der Waals surface area (Å²) in [5, 5.41) is 8.77. The van der Waals surface area contributed by atoms with Crippen molar-refractivity contribution >= 4 is 15.9 Å². The molecule has 0 spiro atoms. The molecule has 0 saturated heterocycles. The van der Waals surface area contributed by atoms with Crippen molar-refractivity contribution < 1.29 is 0 Å². The average molecular weight is 289 g/mol. The number of alkyl halides is 1. The van der Waals surface area contributed by atoms with Gasteiger partial charge in [-0.05, 0) is 19.3 Å². The Labute approximate surface area is 106 Å². The lowest BCUT2D eigenvalue weighted by molar-refractivity contribution is 0.461. The summed E-state index contributed by atoms with van der Waals surface area (Å²) in [6, 6.07) is 0.561. The molecule has 0 aliphatic rings. The molecule has 1 aromatic heterocycles. The van der Waals surface area contributed by atoms with Crippen LogP contribution in [0.15, 0.2) is 6.33 Å². The van der Waals surface area contributed by atoms with Gasteiger partial charge in [0, 0.05) is 17.9 Å². The maximum Gasteiger partial charge on any atom is 0.140 e. The second-order valence-corrected chi connectivity index (χ2v) is 4.66. The number of rotatable bonds is 8. The summed E-state index contributed by atoms with van der Waals surface area (Å²) < 4.78 is 1.98. The Morgan fingerprint density at radius 3 is 2.94 bits per heavy atom. The molecule has 92 valence electrons. The zero-order valence-corrected chi connectivity index (χ0v) is 11.7. The van der Waals surface area contributed by atoms with Gasteiger partial charge >= 0.3 is 0 Å². The number of nitrogens with zero attached hydrogens (tertiary/aromatic N) is 3. The molecule has 5 heteroatoms. The van der Waals surface area contributed by atoms with E-state index in [2.05, 4.69) is 45.2 Å². The van der Waals surface area contributed by atoms with Crippen LogP contribution in [0.2, 0.25) is 0 Å². The van der Waals surface area contributed by atoms with Gasteiger partial charge in [-0.15, -0.1) is 0 Å². The predicted octanol–water partition coefficient (Wildman–Crippen LogP) is 2.34. The van der Waals surface area contributed by atoms with Crippen molar-refractivity contribution in [2.45, 2.75) is 52.2 Å². The van der Waals surface area contributed by atoms with E-state index in [1.165, 1.54) is 0 Å². The van der Waals surface area contributed by atoms with E-state index in [4.69, 9.17) is 0 Å². The predicted molar refractivity (Wildman–Crippen MR) is 69.6 cm³/mol. The van der Waals surface area contributed by atoms with Crippen molar-refractivity contribution in [2.75, 3.05) is 5.33 Å². The molecule has 1 unspecified atom stereocenters. The molecule has 1 heterocycles. The quantitative estimate of drug-likeness (QED) is 0.747. The van der Waals surface area contributed by atoms with Gasteiger partial charge in [-0.2, -0.15) is 5.10 Å². The lowest BCUT2D eigenvalue weighted by atomic mass is 10.2. The number of nitrogens with one attached hydrogen (secondary N) is 1. The fourth-order valence-electron chi connectivity index (χ4n) is 1.64. The van der Waals surface area contributed by atoms with Gasteiger partial charge in [0.15, 0.2) is 0 Å². The highest BCUT2D eigenvalue weighted by Gasteiger charge is 2.07. The van der Waals surface area contributed by atoms with Gasteiger partial charge in [-0.3, -0.25) is 0 Å². The van der Waals surface area contributed by atoms with Gasteiger partial charge in [0.2, 0.25) is 0 Å². The van der Waals surface area contributed by atoms with E-state index < -0.39 is 0 Å². The minimum Gasteiger partial charge on any atom is -0.307 e. The van der Waals surface area contributed by atoms with Crippen molar-refractivity contribution in [3.63, 3.8) is 0 Å². The fraction of sp³-hybridized carbons (Fsp3) is 0.818. The third kappa shape index (κ3) is 4.22. The van der Waals surface area contributed by atoms with Crippen LogP contribution in [0.4, 0.5) is 0 Å². The van der Waals surface area contributed by atoms with Crippen molar-refractivity contribution in [1.82, 2.24) is 20.1 Å². The monoisotopic (exact) mass is 288 g/mol. The highest BCUT2D eigenvalue weighted by atomic mass is 79.9. The molecule has 1 atom stereocenters. The van der Waals surface area contributed by atoms with Gasteiger partial charge in [-0.25, -0.2) is 9.67 Å². The maximum absolute atomic E-state index is 4.28. The molecule has 1 N–H and O–H groups in total. The van der Waals surface area contributed by atoms with E-state index in [0.717, 1.165) is 43.5 Å². The molecule has 4 nitrogen and oxygen atoms in total. The summed E-state index contributed by atoms with van der Waals surface area (Å²) in [5.41, 5.74) is 0. The summed E-state index contributed by atoms with van der Waals surface area (Å²) in [7, 11) is 0. The highest BCUT2D eigenvalue weighted by Crippen LogP contribution is 2.03. The number of hydrogen-bond donors (Lipinski definition) is 1. The van der Waals surface area contributed by atoms with Crippen LogP contribution in [0.5, 0.6) is 0 Å². The first-order chi connectivity index (χ1) is 7.81. The summed E-state index contributed by atoms with van der Waals surface area (Å²) in [5.74, 6) is 1.04.